The summed E-state index contributed by atoms with van der Waals surface area (Å²) in [5.41, 5.74) is 17.9. The van der Waals surface area contributed by atoms with Crippen molar-refractivity contribution >= 4 is 68.0 Å². The van der Waals surface area contributed by atoms with Crippen molar-refractivity contribution in [3.05, 3.63) is 105 Å². The third-order valence-electron chi connectivity index (χ3n) is 12.1. The summed E-state index contributed by atoms with van der Waals surface area (Å²) in [5.74, 6) is 0. The van der Waals surface area contributed by atoms with Gasteiger partial charge in [0, 0.05) is 33.9 Å². The molecule has 2 aliphatic rings. The normalized spacial score (nSPS) is 14.8. The average molecular weight is 778 g/mol. The summed E-state index contributed by atoms with van der Waals surface area (Å²) in [4.78, 5) is 10.9. The smallest absolute Gasteiger partial charge is 0.276 e. The van der Waals surface area contributed by atoms with Gasteiger partial charge in [0.1, 0.15) is 5.00 Å². The minimum Gasteiger partial charge on any atom is -0.311 e. The minimum atomic E-state index is -0.101. The van der Waals surface area contributed by atoms with E-state index in [1.807, 2.05) is 11.3 Å². The molecule has 2 aliphatic heterocycles. The first-order valence-electron chi connectivity index (χ1n) is 21.2. The number of rotatable bonds is 2. The summed E-state index contributed by atoms with van der Waals surface area (Å²) in [7, 11) is 0. The van der Waals surface area contributed by atoms with Gasteiger partial charge in [-0.15, -0.1) is 11.3 Å². The van der Waals surface area contributed by atoms with Gasteiger partial charge in [-0.2, -0.15) is 0 Å². The van der Waals surface area contributed by atoms with Gasteiger partial charge in [-0.1, -0.05) is 149 Å². The Morgan fingerprint density at radius 2 is 0.877 bits per heavy atom. The molecule has 0 saturated heterocycles. The molecule has 0 N–H and O–H groups in total. The van der Waals surface area contributed by atoms with E-state index < -0.39 is 0 Å². The maximum absolute atomic E-state index is 5.73. The molecule has 4 aromatic carbocycles. The molecule has 0 unspecified atom stereocenters. The zero-order valence-corrected chi connectivity index (χ0v) is 39.5. The van der Waals surface area contributed by atoms with Crippen LogP contribution in [0.15, 0.2) is 66.7 Å². The molecular weight excluding hydrogens is 709 g/mol. The van der Waals surface area contributed by atoms with Gasteiger partial charge < -0.3 is 9.80 Å². The van der Waals surface area contributed by atoms with Crippen LogP contribution in [0.1, 0.15) is 163 Å². The van der Waals surface area contributed by atoms with Crippen LogP contribution in [0, 0.1) is 6.92 Å². The van der Waals surface area contributed by atoms with Gasteiger partial charge in [0.2, 0.25) is 0 Å². The Bertz CT molecular complexity index is 2320. The molecule has 7 rings (SSSR count). The molecule has 0 aliphatic carbocycles. The number of thiazole rings is 1. The highest BCUT2D eigenvalue weighted by atomic mass is 32.1. The Morgan fingerprint density at radius 1 is 0.456 bits per heavy atom. The van der Waals surface area contributed by atoms with Gasteiger partial charge in [0.15, 0.2) is 0 Å². The van der Waals surface area contributed by atoms with Gasteiger partial charge >= 0.3 is 0 Å². The van der Waals surface area contributed by atoms with Crippen LogP contribution in [-0.2, 0) is 32.5 Å². The topological polar surface area (TPSA) is 19.4 Å². The number of aryl methyl sites for hydroxylation is 1. The number of anilines is 6. The molecule has 0 amide bonds. The van der Waals surface area contributed by atoms with E-state index in [4.69, 9.17) is 4.98 Å². The van der Waals surface area contributed by atoms with Crippen molar-refractivity contribution < 1.29 is 0 Å². The van der Waals surface area contributed by atoms with Crippen molar-refractivity contribution in [3.8, 4) is 0 Å². The largest absolute Gasteiger partial charge is 0.311 e. The summed E-state index contributed by atoms with van der Waals surface area (Å²) < 4.78 is 0. The van der Waals surface area contributed by atoms with Crippen molar-refractivity contribution in [3.63, 3.8) is 0 Å². The number of hydrogen-bond donors (Lipinski definition) is 0. The van der Waals surface area contributed by atoms with E-state index in [1.54, 1.807) is 0 Å². The lowest BCUT2D eigenvalue weighted by Gasteiger charge is -2.44. The third kappa shape index (κ3) is 7.41. The fourth-order valence-electron chi connectivity index (χ4n) is 8.30. The molecule has 57 heavy (non-hydrogen) atoms. The highest BCUT2D eigenvalue weighted by Gasteiger charge is 2.47. The maximum Gasteiger partial charge on any atom is 0.276 e. The van der Waals surface area contributed by atoms with E-state index in [1.165, 1.54) is 88.3 Å². The lowest BCUT2D eigenvalue weighted by Crippen LogP contribution is -2.62. The first-order chi connectivity index (χ1) is 25.9. The zero-order chi connectivity index (χ0) is 42.2. The first-order valence-corrected chi connectivity index (χ1v) is 22.0. The highest BCUT2D eigenvalue weighted by molar-refractivity contribution is 7.19. The van der Waals surface area contributed by atoms with Gasteiger partial charge in [0.25, 0.3) is 6.71 Å². The van der Waals surface area contributed by atoms with E-state index in [-0.39, 0.29) is 39.2 Å². The summed E-state index contributed by atoms with van der Waals surface area (Å²) in [6.45, 7) is 44.3. The van der Waals surface area contributed by atoms with Crippen LogP contribution in [0.5, 0.6) is 0 Å². The van der Waals surface area contributed by atoms with E-state index >= 15 is 0 Å². The lowest BCUT2D eigenvalue weighted by molar-refractivity contribution is 0.568. The second-order valence-electron chi connectivity index (χ2n) is 23.3. The van der Waals surface area contributed by atoms with Gasteiger partial charge in [-0.3, -0.25) is 4.98 Å². The van der Waals surface area contributed by atoms with Crippen LogP contribution in [-0.4, -0.2) is 11.7 Å². The third-order valence-corrected chi connectivity index (χ3v) is 13.5. The second kappa shape index (κ2) is 13.1. The first kappa shape index (κ1) is 41.3. The van der Waals surface area contributed by atoms with E-state index in [0.29, 0.717) is 0 Å². The van der Waals surface area contributed by atoms with Crippen LogP contribution in [0.3, 0.4) is 0 Å². The van der Waals surface area contributed by atoms with Crippen LogP contribution in [0.4, 0.5) is 33.4 Å². The molecule has 3 nitrogen and oxygen atoms in total. The van der Waals surface area contributed by atoms with Crippen LogP contribution in [0.2, 0.25) is 0 Å². The zero-order valence-electron chi connectivity index (χ0n) is 38.7. The molecule has 0 bridgehead atoms. The molecule has 0 atom stereocenters. The molecule has 0 fully saturated rings. The maximum atomic E-state index is 5.73. The van der Waals surface area contributed by atoms with E-state index in [2.05, 4.69) is 208 Å². The van der Waals surface area contributed by atoms with Crippen molar-refractivity contribution in [1.82, 2.24) is 4.98 Å². The van der Waals surface area contributed by atoms with Crippen LogP contribution < -0.4 is 26.3 Å². The Kier molecular flexibility index (Phi) is 9.49. The number of aromatic nitrogens is 1. The molecule has 1 aromatic heterocycles. The Labute approximate surface area is 350 Å². The molecule has 5 aromatic rings. The number of nitrogens with zero attached hydrogens (tertiary/aromatic N) is 3. The lowest BCUT2D eigenvalue weighted by atomic mass is 9.35. The molecule has 300 valence electrons. The SMILES string of the molecule is Cc1cc2c3c(c1)N(c1cc(C(C)(C)C)cc(C(C)(C)C)c1)c1sc(C(C)(C)C)nc1B3c1cc(C(C)(C)C)ccc1N2c1cc(C(C)(C)C)cc(C(C)(C)C)c1. The van der Waals surface area contributed by atoms with Crippen molar-refractivity contribution in [2.24, 2.45) is 0 Å². The minimum absolute atomic E-state index is 0.0106. The van der Waals surface area contributed by atoms with E-state index in [0.717, 1.165) is 0 Å². The van der Waals surface area contributed by atoms with Gasteiger partial charge in [-0.25, -0.2) is 0 Å². The predicted octanol–water partition coefficient (Wildman–Crippen LogP) is 13.3. The molecule has 0 spiro atoms. The monoisotopic (exact) mass is 778 g/mol. The summed E-state index contributed by atoms with van der Waals surface area (Å²) in [6.07, 6.45) is 0. The van der Waals surface area contributed by atoms with E-state index in [9.17, 15) is 0 Å². The van der Waals surface area contributed by atoms with Crippen LogP contribution in [0.25, 0.3) is 0 Å². The molecular formula is C52H68BN3S. The van der Waals surface area contributed by atoms with Crippen molar-refractivity contribution in [2.75, 3.05) is 9.80 Å². The number of benzene rings is 4. The highest BCUT2D eigenvalue weighted by Crippen LogP contribution is 2.49. The van der Waals surface area contributed by atoms with Crippen molar-refractivity contribution in [2.45, 2.75) is 164 Å². The molecule has 3 heterocycles. The Morgan fingerprint density at radius 3 is 1.30 bits per heavy atom. The van der Waals surface area contributed by atoms with Gasteiger partial charge in [-0.05, 0) is 121 Å². The molecule has 0 saturated carbocycles. The predicted molar refractivity (Wildman–Crippen MR) is 253 cm³/mol. The standard InChI is InChI=1S/C52H68BN3S/c1-31-22-41-43-42(23-31)56(38-28-35(50(11,12)13)25-36(29-38)51(14,15)16)45-44(54-46(57-45)52(17,18)19)53(43)39-30-32(47(2,3)4)20-21-40(39)55(41)37-26-33(48(5,6)7)24-34(27-37)49(8,9)10/h20-30H,1-19H3. The van der Waals surface area contributed by atoms with Crippen LogP contribution >= 0.6 is 11.3 Å². The summed E-state index contributed by atoms with van der Waals surface area (Å²) in [6, 6.07) is 26.9. The fraction of sp³-hybridized carbons (Fsp3) is 0.481. The summed E-state index contributed by atoms with van der Waals surface area (Å²) >= 11 is 1.88. The van der Waals surface area contributed by atoms with Crippen molar-refractivity contribution in [1.29, 1.82) is 0 Å². The fourth-order valence-corrected chi connectivity index (χ4v) is 9.50. The molecule has 5 heteroatoms. The summed E-state index contributed by atoms with van der Waals surface area (Å²) in [5, 5.41) is 2.42. The number of hydrogen-bond acceptors (Lipinski definition) is 4. The average Bonchev–Trinajstić information content (AvgIpc) is 3.51. The Balaban J connectivity index is 1.65. The quantitative estimate of drug-likeness (QED) is 0.163. The Hall–Kier alpha value is -3.83. The molecule has 0 radical (unpaired) electrons. The number of fused-ring (bicyclic) bond motifs is 4. The van der Waals surface area contributed by atoms with Gasteiger partial charge in [0.05, 0.1) is 10.6 Å². The second-order valence-corrected chi connectivity index (χ2v) is 24.3.